The van der Waals surface area contributed by atoms with Crippen molar-refractivity contribution in [2.45, 2.75) is 32.0 Å². The average Bonchev–Trinajstić information content (AvgIpc) is 2.94. The molecule has 3 rings (SSSR count). The van der Waals surface area contributed by atoms with Crippen LogP contribution < -0.4 is 15.4 Å². The highest BCUT2D eigenvalue weighted by atomic mass is 16.5. The molecule has 2 N–H and O–H groups in total. The van der Waals surface area contributed by atoms with Crippen molar-refractivity contribution in [2.24, 2.45) is 0 Å². The summed E-state index contributed by atoms with van der Waals surface area (Å²) in [5.41, 5.74) is 1.18. The minimum absolute atomic E-state index is 0.154. The van der Waals surface area contributed by atoms with E-state index in [1.54, 1.807) is 25.1 Å². The molecule has 0 bridgehead atoms. The number of carbonyl (C=O) groups is 2. The molecule has 1 saturated heterocycles. The smallest absolute Gasteiger partial charge is 0.265 e. The van der Waals surface area contributed by atoms with Crippen molar-refractivity contribution in [1.82, 2.24) is 0 Å². The summed E-state index contributed by atoms with van der Waals surface area (Å²) in [7, 11) is 0. The summed E-state index contributed by atoms with van der Waals surface area (Å²) in [6.07, 6.45) is 0.768. The van der Waals surface area contributed by atoms with Crippen molar-refractivity contribution in [3.05, 3.63) is 18.2 Å². The minimum Gasteiger partial charge on any atom is -0.479 e. The highest BCUT2D eigenvalue weighted by Gasteiger charge is 2.26. The van der Waals surface area contributed by atoms with Gasteiger partial charge in [0, 0.05) is 12.3 Å². The molecular formula is C14H16N2O4. The molecule has 0 saturated carbocycles. The van der Waals surface area contributed by atoms with Crippen LogP contribution in [0.1, 0.15) is 19.8 Å². The van der Waals surface area contributed by atoms with Crippen LogP contribution in [0, 0.1) is 0 Å². The molecule has 1 aromatic carbocycles. The normalized spacial score (nSPS) is 24.6. The number of nitrogens with one attached hydrogen (secondary N) is 2. The molecule has 0 spiro atoms. The third-order valence-electron chi connectivity index (χ3n) is 3.40. The van der Waals surface area contributed by atoms with Gasteiger partial charge in [-0.3, -0.25) is 9.59 Å². The van der Waals surface area contributed by atoms with Gasteiger partial charge in [0.25, 0.3) is 11.8 Å². The number of ether oxygens (including phenoxy) is 2. The summed E-state index contributed by atoms with van der Waals surface area (Å²) in [6.45, 7) is 2.31. The number of carbonyl (C=O) groups excluding carboxylic acids is 2. The van der Waals surface area contributed by atoms with E-state index in [9.17, 15) is 9.59 Å². The van der Waals surface area contributed by atoms with Gasteiger partial charge in [-0.1, -0.05) is 0 Å². The molecule has 0 radical (unpaired) electrons. The van der Waals surface area contributed by atoms with Crippen LogP contribution in [0.2, 0.25) is 0 Å². The predicted molar refractivity (Wildman–Crippen MR) is 72.8 cm³/mol. The summed E-state index contributed by atoms with van der Waals surface area (Å²) in [5, 5.41) is 5.54. The highest BCUT2D eigenvalue weighted by Crippen LogP contribution is 2.32. The van der Waals surface area contributed by atoms with E-state index in [0.717, 1.165) is 12.8 Å². The van der Waals surface area contributed by atoms with E-state index in [2.05, 4.69) is 10.6 Å². The lowest BCUT2D eigenvalue weighted by Gasteiger charge is -2.23. The maximum Gasteiger partial charge on any atom is 0.265 e. The first-order valence-electron chi connectivity index (χ1n) is 6.67. The monoisotopic (exact) mass is 276 g/mol. The molecule has 2 heterocycles. The topological polar surface area (TPSA) is 76.7 Å². The third-order valence-corrected chi connectivity index (χ3v) is 3.40. The molecule has 1 fully saturated rings. The molecule has 2 aliphatic heterocycles. The highest BCUT2D eigenvalue weighted by molar-refractivity contribution is 5.99. The zero-order valence-electron chi connectivity index (χ0n) is 11.1. The largest absolute Gasteiger partial charge is 0.479 e. The third kappa shape index (κ3) is 2.46. The van der Waals surface area contributed by atoms with Crippen molar-refractivity contribution in [1.29, 1.82) is 0 Å². The summed E-state index contributed by atoms with van der Waals surface area (Å²) in [4.78, 5) is 23.5. The van der Waals surface area contributed by atoms with Gasteiger partial charge in [-0.25, -0.2) is 0 Å². The fourth-order valence-corrected chi connectivity index (χ4v) is 2.29. The van der Waals surface area contributed by atoms with E-state index in [0.29, 0.717) is 23.7 Å². The van der Waals surface area contributed by atoms with Gasteiger partial charge in [0.1, 0.15) is 11.9 Å². The first-order chi connectivity index (χ1) is 9.63. The Morgan fingerprint density at radius 1 is 1.45 bits per heavy atom. The molecule has 0 aliphatic carbocycles. The molecule has 1 aromatic rings. The van der Waals surface area contributed by atoms with Gasteiger partial charge in [-0.05, 0) is 38.0 Å². The van der Waals surface area contributed by atoms with Gasteiger partial charge < -0.3 is 20.1 Å². The van der Waals surface area contributed by atoms with Crippen molar-refractivity contribution in [3.8, 4) is 5.75 Å². The van der Waals surface area contributed by atoms with Gasteiger partial charge in [-0.2, -0.15) is 0 Å². The minimum atomic E-state index is -0.505. The summed E-state index contributed by atoms with van der Waals surface area (Å²) >= 11 is 0. The van der Waals surface area contributed by atoms with Gasteiger partial charge in [0.05, 0.1) is 5.69 Å². The zero-order valence-corrected chi connectivity index (χ0v) is 11.1. The van der Waals surface area contributed by atoms with E-state index in [1.165, 1.54) is 0 Å². The number of hydrogen-bond donors (Lipinski definition) is 2. The van der Waals surface area contributed by atoms with E-state index in [-0.39, 0.29) is 17.9 Å². The van der Waals surface area contributed by atoms with Gasteiger partial charge in [-0.15, -0.1) is 0 Å². The number of rotatable bonds is 2. The van der Waals surface area contributed by atoms with Gasteiger partial charge in [0.15, 0.2) is 6.10 Å². The Bertz CT molecular complexity index is 552. The average molecular weight is 276 g/mol. The second-order valence-corrected chi connectivity index (χ2v) is 4.95. The molecule has 20 heavy (non-hydrogen) atoms. The lowest BCUT2D eigenvalue weighted by molar-refractivity contribution is -0.124. The second-order valence-electron chi connectivity index (χ2n) is 4.95. The summed E-state index contributed by atoms with van der Waals surface area (Å²) in [6, 6.07) is 5.16. The number of fused-ring (bicyclic) bond motifs is 1. The Balaban J connectivity index is 1.74. The lowest BCUT2D eigenvalue weighted by atomic mass is 10.2. The van der Waals surface area contributed by atoms with Crippen LogP contribution in [0.15, 0.2) is 18.2 Å². The quantitative estimate of drug-likeness (QED) is 0.858. The Kier molecular flexibility index (Phi) is 3.31. The van der Waals surface area contributed by atoms with Crippen molar-refractivity contribution < 1.29 is 19.1 Å². The summed E-state index contributed by atoms with van der Waals surface area (Å²) in [5.74, 6) is 0.256. The first kappa shape index (κ1) is 12.9. The maximum absolute atomic E-state index is 11.9. The number of anilines is 2. The standard InChI is InChI=1S/C14H16N2O4/c1-8-13(17)16-10-7-9(4-5-11(10)20-8)15-14(18)12-3-2-6-19-12/h4-5,7-8,12H,2-3,6H2,1H3,(H,15,18)(H,16,17). The van der Waals surface area contributed by atoms with Gasteiger partial charge >= 0.3 is 0 Å². The molecule has 2 atom stereocenters. The maximum atomic E-state index is 11.9. The SMILES string of the molecule is CC1Oc2ccc(NC(=O)C3CCCO3)cc2NC1=O. The Labute approximate surface area is 116 Å². The van der Waals surface area contributed by atoms with Crippen LogP contribution in [0.25, 0.3) is 0 Å². The number of benzene rings is 1. The van der Waals surface area contributed by atoms with Crippen molar-refractivity contribution in [3.63, 3.8) is 0 Å². The molecule has 6 nitrogen and oxygen atoms in total. The van der Waals surface area contributed by atoms with Crippen LogP contribution in [0.4, 0.5) is 11.4 Å². The van der Waals surface area contributed by atoms with Crippen LogP contribution in [0.5, 0.6) is 5.75 Å². The van der Waals surface area contributed by atoms with E-state index in [4.69, 9.17) is 9.47 Å². The number of hydrogen-bond acceptors (Lipinski definition) is 4. The molecule has 2 amide bonds. The molecule has 6 heteroatoms. The van der Waals surface area contributed by atoms with Crippen LogP contribution >= 0.6 is 0 Å². The number of amides is 2. The van der Waals surface area contributed by atoms with E-state index in [1.807, 2.05) is 0 Å². The molecule has 106 valence electrons. The van der Waals surface area contributed by atoms with Crippen LogP contribution in [0.3, 0.4) is 0 Å². The van der Waals surface area contributed by atoms with Crippen molar-refractivity contribution >= 4 is 23.2 Å². The summed E-state index contributed by atoms with van der Waals surface area (Å²) < 4.78 is 10.8. The molecule has 2 aliphatic rings. The van der Waals surface area contributed by atoms with Gasteiger partial charge in [0.2, 0.25) is 0 Å². The van der Waals surface area contributed by atoms with E-state index >= 15 is 0 Å². The fraction of sp³-hybridized carbons (Fsp3) is 0.429. The molecular weight excluding hydrogens is 260 g/mol. The Morgan fingerprint density at radius 3 is 3.05 bits per heavy atom. The first-order valence-corrected chi connectivity index (χ1v) is 6.67. The molecule has 0 aromatic heterocycles. The zero-order chi connectivity index (χ0) is 14.1. The van der Waals surface area contributed by atoms with Crippen molar-refractivity contribution in [2.75, 3.05) is 17.2 Å². The molecule has 2 unspecified atom stereocenters. The van der Waals surface area contributed by atoms with E-state index < -0.39 is 6.10 Å². The Hall–Kier alpha value is -2.08. The van der Waals surface area contributed by atoms with Crippen LogP contribution in [-0.2, 0) is 14.3 Å². The fourth-order valence-electron chi connectivity index (χ4n) is 2.29. The Morgan fingerprint density at radius 2 is 2.30 bits per heavy atom. The second kappa shape index (κ2) is 5.13. The van der Waals surface area contributed by atoms with Crippen LogP contribution in [-0.4, -0.2) is 30.6 Å². The predicted octanol–water partition coefficient (Wildman–Crippen LogP) is 1.52. The lowest BCUT2D eigenvalue weighted by Crippen LogP contribution is -2.34.